The van der Waals surface area contributed by atoms with Crippen molar-refractivity contribution in [2.24, 2.45) is 5.73 Å². The fourth-order valence-electron chi connectivity index (χ4n) is 1.17. The Morgan fingerprint density at radius 1 is 1.40 bits per heavy atom. The van der Waals surface area contributed by atoms with Crippen molar-refractivity contribution in [1.82, 2.24) is 0 Å². The molecular weight excluding hydrogens is 211 g/mol. The standard InChI is InChI=1S/C9H8F3NO2/c10-9(11,12)5-2-1-3-6(14)8(5)7(15)4-13/h1-3,14H,4,13H2. The zero-order valence-electron chi connectivity index (χ0n) is 7.51. The molecule has 82 valence electrons. The number of aromatic hydroxyl groups is 1. The van der Waals surface area contributed by atoms with E-state index in [2.05, 4.69) is 0 Å². The average molecular weight is 219 g/mol. The third-order valence-corrected chi connectivity index (χ3v) is 1.81. The lowest BCUT2D eigenvalue weighted by Gasteiger charge is -2.12. The molecule has 0 heterocycles. The van der Waals surface area contributed by atoms with Gasteiger partial charge in [0.25, 0.3) is 0 Å². The maximum Gasteiger partial charge on any atom is 0.417 e. The Morgan fingerprint density at radius 3 is 2.47 bits per heavy atom. The molecule has 1 aromatic rings. The highest BCUT2D eigenvalue weighted by molar-refractivity contribution is 6.01. The van der Waals surface area contributed by atoms with Crippen LogP contribution in [0.2, 0.25) is 0 Å². The molecule has 0 aliphatic rings. The molecule has 3 N–H and O–H groups in total. The fraction of sp³-hybridized carbons (Fsp3) is 0.222. The quantitative estimate of drug-likeness (QED) is 0.742. The van der Waals surface area contributed by atoms with E-state index in [0.717, 1.165) is 18.2 Å². The molecule has 0 saturated heterocycles. The lowest BCUT2D eigenvalue weighted by molar-refractivity contribution is -0.138. The number of phenolic OH excluding ortho intramolecular Hbond substituents is 1. The minimum atomic E-state index is -4.68. The summed E-state index contributed by atoms with van der Waals surface area (Å²) in [5, 5.41) is 9.18. The van der Waals surface area contributed by atoms with E-state index in [0.29, 0.717) is 0 Å². The molecule has 0 fully saturated rings. The summed E-state index contributed by atoms with van der Waals surface area (Å²) < 4.78 is 37.3. The van der Waals surface area contributed by atoms with Gasteiger partial charge in [-0.05, 0) is 12.1 Å². The van der Waals surface area contributed by atoms with Crippen LogP contribution in [0.25, 0.3) is 0 Å². The van der Waals surface area contributed by atoms with Crippen molar-refractivity contribution in [1.29, 1.82) is 0 Å². The van der Waals surface area contributed by atoms with Crippen molar-refractivity contribution in [3.8, 4) is 5.75 Å². The largest absolute Gasteiger partial charge is 0.507 e. The monoisotopic (exact) mass is 219 g/mol. The lowest BCUT2D eigenvalue weighted by Crippen LogP contribution is -2.19. The summed E-state index contributed by atoms with van der Waals surface area (Å²) in [4.78, 5) is 11.1. The van der Waals surface area contributed by atoms with Crippen LogP contribution in [0.5, 0.6) is 5.75 Å². The smallest absolute Gasteiger partial charge is 0.417 e. The molecule has 0 radical (unpaired) electrons. The molecule has 1 aromatic carbocycles. The summed E-state index contributed by atoms with van der Waals surface area (Å²) in [5.74, 6) is -1.65. The molecule has 0 aromatic heterocycles. The van der Waals surface area contributed by atoms with E-state index >= 15 is 0 Å². The molecular formula is C9H8F3NO2. The number of hydrogen-bond acceptors (Lipinski definition) is 3. The Labute approximate surface area is 83.3 Å². The summed E-state index contributed by atoms with van der Waals surface area (Å²) >= 11 is 0. The second-order valence-corrected chi connectivity index (χ2v) is 2.82. The third kappa shape index (κ3) is 2.27. The van der Waals surface area contributed by atoms with Gasteiger partial charge in [0.05, 0.1) is 17.7 Å². The first-order valence-corrected chi connectivity index (χ1v) is 4.00. The second kappa shape index (κ2) is 3.90. The number of carbonyl (C=O) groups is 1. The van der Waals surface area contributed by atoms with Crippen LogP contribution in [0.4, 0.5) is 13.2 Å². The number of alkyl halides is 3. The number of benzene rings is 1. The van der Waals surface area contributed by atoms with Crippen molar-refractivity contribution < 1.29 is 23.1 Å². The maximum atomic E-state index is 12.4. The Bertz CT molecular complexity index is 387. The van der Waals surface area contributed by atoms with Crippen molar-refractivity contribution in [3.63, 3.8) is 0 Å². The van der Waals surface area contributed by atoms with Crippen LogP contribution in [0.15, 0.2) is 18.2 Å². The molecule has 1 rings (SSSR count). The Kier molecular flexibility index (Phi) is 2.99. The molecule has 0 spiro atoms. The van der Waals surface area contributed by atoms with Gasteiger partial charge in [-0.3, -0.25) is 4.79 Å². The Hall–Kier alpha value is -1.56. The molecule has 15 heavy (non-hydrogen) atoms. The van der Waals surface area contributed by atoms with Gasteiger partial charge >= 0.3 is 6.18 Å². The highest BCUT2D eigenvalue weighted by Crippen LogP contribution is 2.35. The summed E-state index contributed by atoms with van der Waals surface area (Å²) in [6, 6.07) is 2.76. The molecule has 3 nitrogen and oxygen atoms in total. The van der Waals surface area contributed by atoms with Crippen LogP contribution in [0, 0.1) is 0 Å². The van der Waals surface area contributed by atoms with Crippen LogP contribution in [-0.2, 0) is 6.18 Å². The molecule has 0 unspecified atom stereocenters. The van der Waals surface area contributed by atoms with E-state index in [-0.39, 0.29) is 0 Å². The van der Waals surface area contributed by atoms with Gasteiger partial charge in [-0.15, -0.1) is 0 Å². The van der Waals surface area contributed by atoms with Gasteiger partial charge < -0.3 is 10.8 Å². The van der Waals surface area contributed by atoms with E-state index < -0.39 is 35.4 Å². The Morgan fingerprint density at radius 2 is 2.00 bits per heavy atom. The first kappa shape index (κ1) is 11.5. The number of phenols is 1. The van der Waals surface area contributed by atoms with E-state index in [4.69, 9.17) is 5.73 Å². The van der Waals surface area contributed by atoms with Crippen LogP contribution < -0.4 is 5.73 Å². The molecule has 0 bridgehead atoms. The van der Waals surface area contributed by atoms with Gasteiger partial charge in [-0.2, -0.15) is 13.2 Å². The predicted octanol–water partition coefficient (Wildman–Crippen LogP) is 1.55. The number of halogens is 3. The predicted molar refractivity (Wildman–Crippen MR) is 46.5 cm³/mol. The van der Waals surface area contributed by atoms with Gasteiger partial charge in [0.15, 0.2) is 5.78 Å². The van der Waals surface area contributed by atoms with Crippen LogP contribution in [0.1, 0.15) is 15.9 Å². The molecule has 0 saturated carbocycles. The van der Waals surface area contributed by atoms with Gasteiger partial charge in [-0.1, -0.05) is 6.07 Å². The average Bonchev–Trinajstić information content (AvgIpc) is 2.15. The number of carbonyl (C=O) groups excluding carboxylic acids is 1. The minimum absolute atomic E-state index is 0.583. The van der Waals surface area contributed by atoms with Crippen LogP contribution in [0.3, 0.4) is 0 Å². The number of hydrogen-bond donors (Lipinski definition) is 2. The number of nitrogens with two attached hydrogens (primary N) is 1. The lowest BCUT2D eigenvalue weighted by atomic mass is 10.0. The zero-order valence-corrected chi connectivity index (χ0v) is 7.51. The first-order chi connectivity index (χ1) is 6.88. The molecule has 0 aliphatic heterocycles. The molecule has 0 atom stereocenters. The van der Waals surface area contributed by atoms with Crippen molar-refractivity contribution >= 4 is 5.78 Å². The summed E-state index contributed by atoms with van der Waals surface area (Å²) in [6.07, 6.45) is -4.68. The summed E-state index contributed by atoms with van der Waals surface area (Å²) in [7, 11) is 0. The zero-order chi connectivity index (χ0) is 11.6. The highest BCUT2D eigenvalue weighted by Gasteiger charge is 2.36. The van der Waals surface area contributed by atoms with Crippen LogP contribution >= 0.6 is 0 Å². The van der Waals surface area contributed by atoms with Gasteiger partial charge in [0, 0.05) is 0 Å². The van der Waals surface area contributed by atoms with Gasteiger partial charge in [-0.25, -0.2) is 0 Å². The topological polar surface area (TPSA) is 63.3 Å². The van der Waals surface area contributed by atoms with E-state index in [1.165, 1.54) is 0 Å². The molecule has 0 amide bonds. The second-order valence-electron chi connectivity index (χ2n) is 2.82. The maximum absolute atomic E-state index is 12.4. The van der Waals surface area contributed by atoms with E-state index in [9.17, 15) is 23.1 Å². The summed E-state index contributed by atoms with van der Waals surface area (Å²) in [6.45, 7) is -0.583. The van der Waals surface area contributed by atoms with Crippen molar-refractivity contribution in [2.45, 2.75) is 6.18 Å². The minimum Gasteiger partial charge on any atom is -0.507 e. The Balaban J connectivity index is 3.40. The van der Waals surface area contributed by atoms with Crippen molar-refractivity contribution in [2.75, 3.05) is 6.54 Å². The van der Waals surface area contributed by atoms with E-state index in [1.807, 2.05) is 0 Å². The number of rotatable bonds is 2. The van der Waals surface area contributed by atoms with Gasteiger partial charge in [0.1, 0.15) is 5.75 Å². The van der Waals surface area contributed by atoms with E-state index in [1.54, 1.807) is 0 Å². The fourth-order valence-corrected chi connectivity index (χ4v) is 1.17. The highest BCUT2D eigenvalue weighted by atomic mass is 19.4. The number of Topliss-reactive ketones (excluding diaryl/α,β-unsaturated/α-hetero) is 1. The summed E-state index contributed by atoms with van der Waals surface area (Å²) in [5.41, 5.74) is 3.02. The normalized spacial score (nSPS) is 11.5. The molecule has 6 heteroatoms. The SMILES string of the molecule is NCC(=O)c1c(O)cccc1C(F)(F)F. The first-order valence-electron chi connectivity index (χ1n) is 4.00. The van der Waals surface area contributed by atoms with Crippen molar-refractivity contribution in [3.05, 3.63) is 29.3 Å². The molecule has 0 aliphatic carbocycles. The third-order valence-electron chi connectivity index (χ3n) is 1.81. The van der Waals surface area contributed by atoms with Gasteiger partial charge in [0.2, 0.25) is 0 Å². The van der Waals surface area contributed by atoms with Crippen LogP contribution in [-0.4, -0.2) is 17.4 Å². The number of ketones is 1.